The SMILES string of the molecule is C=C1C=C(c2ccc(C)cc2F)C(C)=CC1.CC. The summed E-state index contributed by atoms with van der Waals surface area (Å²) in [7, 11) is 0. The van der Waals surface area contributed by atoms with Gasteiger partial charge in [-0.1, -0.05) is 50.3 Å². The summed E-state index contributed by atoms with van der Waals surface area (Å²) < 4.78 is 13.8. The zero-order valence-corrected chi connectivity index (χ0v) is 11.7. The molecule has 1 aliphatic rings. The van der Waals surface area contributed by atoms with Crippen molar-refractivity contribution < 1.29 is 4.39 Å². The van der Waals surface area contributed by atoms with Crippen molar-refractivity contribution >= 4 is 5.57 Å². The normalized spacial score (nSPS) is 14.4. The maximum Gasteiger partial charge on any atom is 0.131 e. The summed E-state index contributed by atoms with van der Waals surface area (Å²) >= 11 is 0. The van der Waals surface area contributed by atoms with Crippen LogP contribution in [0.1, 0.15) is 38.3 Å². The molecule has 0 aliphatic heterocycles. The van der Waals surface area contributed by atoms with Crippen LogP contribution in [-0.2, 0) is 0 Å². The third-order valence-corrected chi connectivity index (χ3v) is 2.86. The molecule has 1 aromatic carbocycles. The highest BCUT2D eigenvalue weighted by molar-refractivity contribution is 5.82. The minimum Gasteiger partial charge on any atom is -0.206 e. The van der Waals surface area contributed by atoms with Gasteiger partial charge in [-0.3, -0.25) is 0 Å². The number of hydrogen-bond donors (Lipinski definition) is 0. The van der Waals surface area contributed by atoms with Crippen LogP contribution in [0, 0.1) is 12.7 Å². The third-order valence-electron chi connectivity index (χ3n) is 2.86. The van der Waals surface area contributed by atoms with Crippen LogP contribution in [0.5, 0.6) is 0 Å². The molecule has 18 heavy (non-hydrogen) atoms. The fraction of sp³-hybridized carbons (Fsp3) is 0.294. The lowest BCUT2D eigenvalue weighted by molar-refractivity contribution is 0.623. The zero-order valence-electron chi connectivity index (χ0n) is 11.7. The van der Waals surface area contributed by atoms with E-state index < -0.39 is 0 Å². The monoisotopic (exact) mass is 244 g/mol. The van der Waals surface area contributed by atoms with Crippen LogP contribution in [0.2, 0.25) is 0 Å². The Morgan fingerprint density at radius 3 is 2.44 bits per heavy atom. The Bertz CT molecular complexity index is 504. The first-order valence-corrected chi connectivity index (χ1v) is 6.41. The van der Waals surface area contributed by atoms with E-state index in [1.54, 1.807) is 6.07 Å². The van der Waals surface area contributed by atoms with E-state index in [2.05, 4.69) is 12.7 Å². The molecule has 96 valence electrons. The van der Waals surface area contributed by atoms with Crippen LogP contribution < -0.4 is 0 Å². The molecule has 0 spiro atoms. The smallest absolute Gasteiger partial charge is 0.131 e. The summed E-state index contributed by atoms with van der Waals surface area (Å²) in [5.74, 6) is -0.159. The second-order valence-electron chi connectivity index (χ2n) is 4.29. The first-order chi connectivity index (χ1) is 8.58. The second-order valence-corrected chi connectivity index (χ2v) is 4.29. The van der Waals surface area contributed by atoms with E-state index in [1.807, 2.05) is 45.9 Å². The Hall–Kier alpha value is -1.63. The van der Waals surface area contributed by atoms with Crippen molar-refractivity contribution in [1.82, 2.24) is 0 Å². The van der Waals surface area contributed by atoms with Gasteiger partial charge in [0, 0.05) is 5.56 Å². The Morgan fingerprint density at radius 1 is 1.17 bits per heavy atom. The molecular formula is C17H21F. The van der Waals surface area contributed by atoms with Gasteiger partial charge in [0.05, 0.1) is 0 Å². The lowest BCUT2D eigenvalue weighted by Gasteiger charge is -2.15. The molecule has 1 aromatic rings. The molecule has 2 rings (SSSR count). The van der Waals surface area contributed by atoms with Crippen LogP contribution in [0.4, 0.5) is 4.39 Å². The van der Waals surface area contributed by atoms with Crippen LogP contribution in [0.3, 0.4) is 0 Å². The van der Waals surface area contributed by atoms with Gasteiger partial charge in [0.25, 0.3) is 0 Å². The van der Waals surface area contributed by atoms with Gasteiger partial charge in [0.15, 0.2) is 0 Å². The Kier molecular flexibility index (Phi) is 5.08. The largest absolute Gasteiger partial charge is 0.206 e. The molecule has 0 saturated heterocycles. The van der Waals surface area contributed by atoms with Gasteiger partial charge < -0.3 is 0 Å². The van der Waals surface area contributed by atoms with Crippen molar-refractivity contribution in [2.75, 3.05) is 0 Å². The standard InChI is InChI=1S/C15H15F.C2H6/c1-10-4-6-12(3)14(8-10)13-7-5-11(2)9-15(13)16;1-2/h5-9H,1,4H2,2-3H3;1-2H3. The van der Waals surface area contributed by atoms with Gasteiger partial charge in [-0.05, 0) is 43.0 Å². The molecule has 0 unspecified atom stereocenters. The average Bonchev–Trinajstić information content (AvgIpc) is 2.35. The number of allylic oxidation sites excluding steroid dienone is 5. The molecule has 1 aliphatic carbocycles. The van der Waals surface area contributed by atoms with Crippen molar-refractivity contribution in [2.24, 2.45) is 0 Å². The molecule has 0 N–H and O–H groups in total. The summed E-state index contributed by atoms with van der Waals surface area (Å²) in [4.78, 5) is 0. The molecule has 0 atom stereocenters. The molecule has 0 aromatic heterocycles. The molecule has 0 amide bonds. The van der Waals surface area contributed by atoms with E-state index in [9.17, 15) is 4.39 Å². The van der Waals surface area contributed by atoms with Crippen molar-refractivity contribution in [3.63, 3.8) is 0 Å². The molecule has 0 saturated carbocycles. The summed E-state index contributed by atoms with van der Waals surface area (Å²) in [5, 5.41) is 0. The minimum atomic E-state index is -0.159. The quantitative estimate of drug-likeness (QED) is 0.616. The molecular weight excluding hydrogens is 223 g/mol. The van der Waals surface area contributed by atoms with Gasteiger partial charge in [-0.25, -0.2) is 4.39 Å². The van der Waals surface area contributed by atoms with E-state index in [0.29, 0.717) is 5.56 Å². The van der Waals surface area contributed by atoms with E-state index in [1.165, 1.54) is 0 Å². The average molecular weight is 244 g/mol. The zero-order chi connectivity index (χ0) is 13.7. The van der Waals surface area contributed by atoms with E-state index in [-0.39, 0.29) is 5.82 Å². The summed E-state index contributed by atoms with van der Waals surface area (Å²) in [6.07, 6.45) is 4.93. The molecule has 0 heterocycles. The highest BCUT2D eigenvalue weighted by atomic mass is 19.1. The predicted octanol–water partition coefficient (Wildman–Crippen LogP) is 5.45. The van der Waals surface area contributed by atoms with Gasteiger partial charge in [-0.15, -0.1) is 0 Å². The number of rotatable bonds is 1. The van der Waals surface area contributed by atoms with E-state index in [4.69, 9.17) is 0 Å². The number of benzene rings is 1. The fourth-order valence-corrected chi connectivity index (χ4v) is 1.90. The van der Waals surface area contributed by atoms with E-state index >= 15 is 0 Å². The maximum atomic E-state index is 13.8. The number of aryl methyl sites for hydroxylation is 1. The fourth-order valence-electron chi connectivity index (χ4n) is 1.90. The Labute approximate surface area is 110 Å². The van der Waals surface area contributed by atoms with Crippen LogP contribution in [0.15, 0.2) is 48.1 Å². The van der Waals surface area contributed by atoms with Crippen molar-refractivity contribution in [1.29, 1.82) is 0 Å². The second kappa shape index (κ2) is 6.34. The van der Waals surface area contributed by atoms with E-state index in [0.717, 1.165) is 28.7 Å². The van der Waals surface area contributed by atoms with Gasteiger partial charge >= 0.3 is 0 Å². The molecule has 0 fully saturated rings. The molecule has 1 heteroatoms. The maximum absolute atomic E-state index is 13.8. The highest BCUT2D eigenvalue weighted by Crippen LogP contribution is 2.31. The van der Waals surface area contributed by atoms with Crippen molar-refractivity contribution in [3.8, 4) is 0 Å². The Morgan fingerprint density at radius 2 is 1.83 bits per heavy atom. The molecule has 0 nitrogen and oxygen atoms in total. The summed E-state index contributed by atoms with van der Waals surface area (Å²) in [6, 6.07) is 5.34. The van der Waals surface area contributed by atoms with Crippen molar-refractivity contribution in [2.45, 2.75) is 34.1 Å². The Balaban J connectivity index is 0.000000771. The van der Waals surface area contributed by atoms with Gasteiger partial charge in [0.2, 0.25) is 0 Å². The summed E-state index contributed by atoms with van der Waals surface area (Å²) in [6.45, 7) is 11.8. The van der Waals surface area contributed by atoms with Gasteiger partial charge in [-0.2, -0.15) is 0 Å². The van der Waals surface area contributed by atoms with Crippen LogP contribution in [0.25, 0.3) is 5.57 Å². The minimum absolute atomic E-state index is 0.159. The molecule has 0 radical (unpaired) electrons. The van der Waals surface area contributed by atoms with Crippen molar-refractivity contribution in [3.05, 3.63) is 65.0 Å². The van der Waals surface area contributed by atoms with Crippen LogP contribution >= 0.6 is 0 Å². The lowest BCUT2D eigenvalue weighted by Crippen LogP contribution is -1.97. The number of halogens is 1. The first-order valence-electron chi connectivity index (χ1n) is 6.41. The predicted molar refractivity (Wildman–Crippen MR) is 78.0 cm³/mol. The number of hydrogen-bond acceptors (Lipinski definition) is 0. The lowest BCUT2D eigenvalue weighted by atomic mass is 9.90. The van der Waals surface area contributed by atoms with Gasteiger partial charge in [0.1, 0.15) is 5.82 Å². The third kappa shape index (κ3) is 3.19. The molecule has 0 bridgehead atoms. The highest BCUT2D eigenvalue weighted by Gasteiger charge is 2.12. The summed E-state index contributed by atoms with van der Waals surface area (Å²) in [5.41, 5.74) is 4.71. The first kappa shape index (κ1) is 14.4. The van der Waals surface area contributed by atoms with Crippen LogP contribution in [-0.4, -0.2) is 0 Å². The topological polar surface area (TPSA) is 0 Å².